The summed E-state index contributed by atoms with van der Waals surface area (Å²) in [4.78, 5) is 13.7. The minimum Gasteiger partial charge on any atom is -0.366 e. The zero-order chi connectivity index (χ0) is 13.9. The fraction of sp³-hybridized carbons (Fsp3) is 0.300. The fourth-order valence-electron chi connectivity index (χ4n) is 1.52. The minimum atomic E-state index is -3.81. The molecule has 0 atom stereocenters. The smallest absolute Gasteiger partial charge is 0.245 e. The number of sulfonamides is 1. The van der Waals surface area contributed by atoms with Crippen molar-refractivity contribution in [1.29, 1.82) is 0 Å². The van der Waals surface area contributed by atoms with Crippen molar-refractivity contribution >= 4 is 10.0 Å². The van der Waals surface area contributed by atoms with Crippen LogP contribution in [0.5, 0.6) is 0 Å². The molecule has 2 aromatic rings. The molecule has 102 valence electrons. The number of nitrogens with zero attached hydrogens (tertiary/aromatic N) is 3. The van der Waals surface area contributed by atoms with E-state index in [0.717, 1.165) is 12.3 Å². The summed E-state index contributed by atoms with van der Waals surface area (Å²) < 4.78 is 27.8. The van der Waals surface area contributed by atoms with Crippen LogP contribution in [0.3, 0.4) is 0 Å². The Labute approximate surface area is 109 Å². The van der Waals surface area contributed by atoms with Gasteiger partial charge >= 0.3 is 0 Å². The predicted octanol–water partition coefficient (Wildman–Crippen LogP) is -0.976. The molecule has 0 fully saturated rings. The van der Waals surface area contributed by atoms with Gasteiger partial charge < -0.3 is 9.55 Å². The summed E-state index contributed by atoms with van der Waals surface area (Å²) in [5.41, 5.74) is -0.551. The number of aromatic amines is 1. The monoisotopic (exact) mass is 283 g/mol. The third-order valence-electron chi connectivity index (χ3n) is 2.52. The average Bonchev–Trinajstić information content (AvgIpc) is 2.75. The van der Waals surface area contributed by atoms with Gasteiger partial charge in [0.1, 0.15) is 17.0 Å². The highest BCUT2D eigenvalue weighted by Gasteiger charge is 2.17. The SMILES string of the molecule is Cn1cnnc1CCNS(=O)(=O)c1c[nH]ccc1=O. The lowest BCUT2D eigenvalue weighted by molar-refractivity contribution is 0.578. The Kier molecular flexibility index (Phi) is 3.76. The highest BCUT2D eigenvalue weighted by Crippen LogP contribution is 2.00. The molecule has 0 bridgehead atoms. The van der Waals surface area contributed by atoms with Crippen LogP contribution in [0.4, 0.5) is 0 Å². The zero-order valence-corrected chi connectivity index (χ0v) is 11.0. The van der Waals surface area contributed by atoms with Crippen LogP contribution >= 0.6 is 0 Å². The molecule has 0 aliphatic carbocycles. The van der Waals surface area contributed by atoms with Gasteiger partial charge in [0.15, 0.2) is 0 Å². The Bertz CT molecular complexity index is 719. The molecule has 0 spiro atoms. The molecule has 2 rings (SSSR count). The normalized spacial score (nSPS) is 11.6. The van der Waals surface area contributed by atoms with Gasteiger partial charge in [0.2, 0.25) is 15.5 Å². The molecule has 0 aromatic carbocycles. The summed E-state index contributed by atoms with van der Waals surface area (Å²) >= 11 is 0. The summed E-state index contributed by atoms with van der Waals surface area (Å²) in [6.07, 6.45) is 4.46. The average molecular weight is 283 g/mol. The molecule has 19 heavy (non-hydrogen) atoms. The first-order chi connectivity index (χ1) is 9.00. The van der Waals surface area contributed by atoms with Crippen LogP contribution in [0.1, 0.15) is 5.82 Å². The molecule has 0 unspecified atom stereocenters. The van der Waals surface area contributed by atoms with Crippen LogP contribution in [-0.4, -0.2) is 34.7 Å². The third-order valence-corrected chi connectivity index (χ3v) is 4.01. The molecule has 0 saturated carbocycles. The number of pyridine rings is 1. The maximum atomic E-state index is 11.9. The van der Waals surface area contributed by atoms with Gasteiger partial charge in [-0.15, -0.1) is 10.2 Å². The van der Waals surface area contributed by atoms with Crippen LogP contribution in [-0.2, 0) is 23.5 Å². The Morgan fingerprint density at radius 2 is 2.26 bits per heavy atom. The summed E-state index contributed by atoms with van der Waals surface area (Å²) in [5.74, 6) is 0.657. The van der Waals surface area contributed by atoms with Crippen molar-refractivity contribution in [3.63, 3.8) is 0 Å². The van der Waals surface area contributed by atoms with E-state index in [4.69, 9.17) is 0 Å². The summed E-state index contributed by atoms with van der Waals surface area (Å²) in [5, 5.41) is 7.53. The lowest BCUT2D eigenvalue weighted by Gasteiger charge is -2.05. The van der Waals surface area contributed by atoms with Crippen molar-refractivity contribution in [3.8, 4) is 0 Å². The maximum absolute atomic E-state index is 11.9. The Morgan fingerprint density at radius 1 is 1.47 bits per heavy atom. The Balaban J connectivity index is 2.05. The largest absolute Gasteiger partial charge is 0.366 e. The van der Waals surface area contributed by atoms with E-state index in [1.165, 1.54) is 12.5 Å². The van der Waals surface area contributed by atoms with E-state index in [2.05, 4.69) is 19.9 Å². The number of hydrogen-bond acceptors (Lipinski definition) is 5. The quantitative estimate of drug-likeness (QED) is 0.733. The molecule has 0 aliphatic rings. The van der Waals surface area contributed by atoms with E-state index < -0.39 is 15.5 Å². The molecule has 9 heteroatoms. The van der Waals surface area contributed by atoms with Crippen LogP contribution < -0.4 is 10.2 Å². The van der Waals surface area contributed by atoms with Crippen molar-refractivity contribution in [3.05, 3.63) is 40.8 Å². The van der Waals surface area contributed by atoms with E-state index in [1.54, 1.807) is 11.6 Å². The maximum Gasteiger partial charge on any atom is 0.245 e. The minimum absolute atomic E-state index is 0.142. The lowest BCUT2D eigenvalue weighted by atomic mass is 10.4. The molecule has 0 saturated heterocycles. The highest BCUT2D eigenvalue weighted by atomic mass is 32.2. The number of hydrogen-bond donors (Lipinski definition) is 2. The molecule has 2 heterocycles. The van der Waals surface area contributed by atoms with Crippen molar-refractivity contribution in [2.75, 3.05) is 6.54 Å². The Hall–Kier alpha value is -2.00. The number of rotatable bonds is 5. The zero-order valence-electron chi connectivity index (χ0n) is 10.2. The van der Waals surface area contributed by atoms with Gasteiger partial charge in [-0.05, 0) is 0 Å². The van der Waals surface area contributed by atoms with Crippen LogP contribution in [0, 0.1) is 0 Å². The van der Waals surface area contributed by atoms with Gasteiger partial charge in [0, 0.05) is 38.5 Å². The van der Waals surface area contributed by atoms with E-state index >= 15 is 0 Å². The second kappa shape index (κ2) is 5.33. The summed E-state index contributed by atoms with van der Waals surface area (Å²) in [7, 11) is -2.04. The van der Waals surface area contributed by atoms with Crippen molar-refractivity contribution in [2.45, 2.75) is 11.3 Å². The molecule has 0 aliphatic heterocycles. The van der Waals surface area contributed by atoms with E-state index in [-0.39, 0.29) is 11.4 Å². The number of aryl methyl sites for hydroxylation is 1. The fourth-order valence-corrected chi connectivity index (χ4v) is 2.60. The van der Waals surface area contributed by atoms with Gasteiger partial charge in [-0.3, -0.25) is 4.79 Å². The molecular weight excluding hydrogens is 270 g/mol. The van der Waals surface area contributed by atoms with Crippen molar-refractivity contribution < 1.29 is 8.42 Å². The molecule has 0 radical (unpaired) electrons. The first-order valence-electron chi connectivity index (χ1n) is 5.50. The second-order valence-electron chi connectivity index (χ2n) is 3.88. The molecule has 0 amide bonds. The molecular formula is C10H13N5O3S. The highest BCUT2D eigenvalue weighted by molar-refractivity contribution is 7.89. The van der Waals surface area contributed by atoms with E-state index in [0.29, 0.717) is 12.2 Å². The molecule has 2 aromatic heterocycles. The van der Waals surface area contributed by atoms with Crippen molar-refractivity contribution in [1.82, 2.24) is 24.5 Å². The predicted molar refractivity (Wildman–Crippen MR) is 67.0 cm³/mol. The summed E-state index contributed by atoms with van der Waals surface area (Å²) in [6.45, 7) is 0.142. The van der Waals surface area contributed by atoms with Gasteiger partial charge in [-0.25, -0.2) is 13.1 Å². The lowest BCUT2D eigenvalue weighted by Crippen LogP contribution is -2.30. The van der Waals surface area contributed by atoms with Gasteiger partial charge in [-0.1, -0.05) is 0 Å². The number of aromatic nitrogens is 4. The van der Waals surface area contributed by atoms with E-state index in [1.807, 2.05) is 0 Å². The van der Waals surface area contributed by atoms with E-state index in [9.17, 15) is 13.2 Å². The number of H-pyrrole nitrogens is 1. The molecule has 8 nitrogen and oxygen atoms in total. The van der Waals surface area contributed by atoms with Gasteiger partial charge in [0.05, 0.1) is 0 Å². The first kappa shape index (κ1) is 13.4. The van der Waals surface area contributed by atoms with Gasteiger partial charge in [-0.2, -0.15) is 0 Å². The topological polar surface area (TPSA) is 110 Å². The standard InChI is InChI=1S/C10H13N5O3S/c1-15-7-12-14-10(15)3-5-13-19(17,18)9-6-11-4-2-8(9)16/h2,4,6-7,13H,3,5H2,1H3,(H,11,16). The Morgan fingerprint density at radius 3 is 2.89 bits per heavy atom. The van der Waals surface area contributed by atoms with Crippen LogP contribution in [0.25, 0.3) is 0 Å². The summed E-state index contributed by atoms with van der Waals surface area (Å²) in [6, 6.07) is 1.16. The number of nitrogens with one attached hydrogen (secondary N) is 2. The third kappa shape index (κ3) is 3.06. The first-order valence-corrected chi connectivity index (χ1v) is 6.98. The van der Waals surface area contributed by atoms with Crippen LogP contribution in [0.15, 0.2) is 34.5 Å². The van der Waals surface area contributed by atoms with Gasteiger partial charge in [0.25, 0.3) is 0 Å². The second-order valence-corrected chi connectivity index (χ2v) is 5.61. The molecule has 2 N–H and O–H groups in total. The van der Waals surface area contributed by atoms with Crippen molar-refractivity contribution in [2.24, 2.45) is 7.05 Å². The van der Waals surface area contributed by atoms with Crippen LogP contribution in [0.2, 0.25) is 0 Å².